The Morgan fingerprint density at radius 1 is 1.21 bits per heavy atom. The van der Waals surface area contributed by atoms with Crippen LogP contribution in [0.25, 0.3) is 16.2 Å². The molecule has 3 heterocycles. The largest absolute Gasteiger partial charge is 0.497 e. The van der Waals surface area contributed by atoms with E-state index < -0.39 is 0 Å². The molecule has 24 heavy (non-hydrogen) atoms. The maximum absolute atomic E-state index is 5.16. The molecule has 0 atom stereocenters. The van der Waals surface area contributed by atoms with Crippen molar-refractivity contribution in [2.24, 2.45) is 0 Å². The van der Waals surface area contributed by atoms with E-state index in [-0.39, 0.29) is 0 Å². The van der Waals surface area contributed by atoms with Crippen LogP contribution < -0.4 is 10.1 Å². The van der Waals surface area contributed by atoms with Crippen LogP contribution in [0.4, 0.5) is 5.13 Å². The third-order valence-electron chi connectivity index (χ3n) is 3.60. The Labute approximate surface area is 142 Å². The Kier molecular flexibility index (Phi) is 3.84. The summed E-state index contributed by atoms with van der Waals surface area (Å²) in [7, 11) is 1.67. The van der Waals surface area contributed by atoms with Gasteiger partial charge in [-0.25, -0.2) is 9.50 Å². The van der Waals surface area contributed by atoms with Crippen molar-refractivity contribution in [1.29, 1.82) is 0 Å². The first kappa shape index (κ1) is 14.6. The highest BCUT2D eigenvalue weighted by Gasteiger charge is 2.09. The van der Waals surface area contributed by atoms with E-state index in [1.807, 2.05) is 42.6 Å². The fourth-order valence-electron chi connectivity index (χ4n) is 2.35. The van der Waals surface area contributed by atoms with Crippen molar-refractivity contribution in [2.75, 3.05) is 12.4 Å². The van der Waals surface area contributed by atoms with E-state index >= 15 is 0 Å². The number of hydrogen-bond acceptors (Lipinski definition) is 6. The lowest BCUT2D eigenvalue weighted by Crippen LogP contribution is -1.99. The molecule has 6 nitrogen and oxygen atoms in total. The molecular formula is C17H15N5OS. The summed E-state index contributed by atoms with van der Waals surface area (Å²) in [6.07, 6.45) is 5.47. The van der Waals surface area contributed by atoms with E-state index in [1.165, 1.54) is 16.9 Å². The molecule has 4 rings (SSSR count). The molecule has 120 valence electrons. The minimum Gasteiger partial charge on any atom is -0.497 e. The first-order chi connectivity index (χ1) is 11.8. The molecule has 1 N–H and O–H groups in total. The molecule has 0 fully saturated rings. The quantitative estimate of drug-likeness (QED) is 0.604. The molecule has 0 spiro atoms. The van der Waals surface area contributed by atoms with Gasteiger partial charge in [0.15, 0.2) is 0 Å². The summed E-state index contributed by atoms with van der Waals surface area (Å²) in [5.41, 5.74) is 3.03. The number of anilines is 1. The van der Waals surface area contributed by atoms with Crippen LogP contribution in [0.5, 0.6) is 5.75 Å². The second-order valence-electron chi connectivity index (χ2n) is 5.20. The number of hydrogen-bond donors (Lipinski definition) is 1. The number of ether oxygens (including phenoxy) is 1. The Hall–Kier alpha value is -2.93. The van der Waals surface area contributed by atoms with Crippen LogP contribution in [0.3, 0.4) is 0 Å². The van der Waals surface area contributed by atoms with Crippen LogP contribution in [0.15, 0.2) is 55.0 Å². The van der Waals surface area contributed by atoms with Gasteiger partial charge in [0.05, 0.1) is 19.0 Å². The Bertz CT molecular complexity index is 915. The summed E-state index contributed by atoms with van der Waals surface area (Å²) in [5, 5.41) is 8.69. The minimum atomic E-state index is 0.704. The molecule has 0 bridgehead atoms. The van der Waals surface area contributed by atoms with E-state index in [9.17, 15) is 0 Å². The van der Waals surface area contributed by atoms with Crippen LogP contribution >= 0.6 is 11.3 Å². The van der Waals surface area contributed by atoms with Gasteiger partial charge in [-0.15, -0.1) is 5.10 Å². The molecule has 0 saturated heterocycles. The molecule has 0 amide bonds. The molecule has 1 aromatic carbocycles. The van der Waals surface area contributed by atoms with Gasteiger partial charge in [0.1, 0.15) is 5.75 Å². The van der Waals surface area contributed by atoms with E-state index in [0.717, 1.165) is 27.1 Å². The van der Waals surface area contributed by atoms with Gasteiger partial charge in [-0.2, -0.15) is 0 Å². The lowest BCUT2D eigenvalue weighted by molar-refractivity contribution is 0.414. The summed E-state index contributed by atoms with van der Waals surface area (Å²) < 4.78 is 6.96. The fraction of sp³-hybridized carbons (Fsp3) is 0.118. The van der Waals surface area contributed by atoms with Crippen molar-refractivity contribution in [3.05, 3.63) is 60.6 Å². The van der Waals surface area contributed by atoms with Crippen molar-refractivity contribution < 1.29 is 4.74 Å². The van der Waals surface area contributed by atoms with Crippen molar-refractivity contribution in [3.63, 3.8) is 0 Å². The third-order valence-corrected chi connectivity index (χ3v) is 4.48. The van der Waals surface area contributed by atoms with Gasteiger partial charge >= 0.3 is 0 Å². The minimum absolute atomic E-state index is 0.704. The molecule has 7 heteroatoms. The summed E-state index contributed by atoms with van der Waals surface area (Å²) in [4.78, 5) is 9.58. The first-order valence-electron chi connectivity index (χ1n) is 7.45. The number of nitrogens with one attached hydrogen (secondary N) is 1. The summed E-state index contributed by atoms with van der Waals surface area (Å²) in [5.74, 6) is 0.856. The monoisotopic (exact) mass is 337 g/mol. The molecular weight excluding hydrogens is 322 g/mol. The predicted octanol–water partition coefficient (Wildman–Crippen LogP) is 3.47. The first-order valence-corrected chi connectivity index (χ1v) is 8.27. The zero-order valence-electron chi connectivity index (χ0n) is 13.0. The molecule has 4 aromatic rings. The molecule has 0 radical (unpaired) electrons. The molecule has 0 unspecified atom stereocenters. The van der Waals surface area contributed by atoms with Gasteiger partial charge in [0, 0.05) is 24.5 Å². The lowest BCUT2D eigenvalue weighted by Gasteiger charge is -2.04. The number of rotatable bonds is 5. The number of methoxy groups -OCH3 is 1. The second-order valence-corrected chi connectivity index (χ2v) is 6.16. The third kappa shape index (κ3) is 2.93. The predicted molar refractivity (Wildman–Crippen MR) is 94.4 cm³/mol. The average molecular weight is 337 g/mol. The van der Waals surface area contributed by atoms with Gasteiger partial charge in [0.25, 0.3) is 0 Å². The van der Waals surface area contributed by atoms with Crippen molar-refractivity contribution in [2.45, 2.75) is 6.54 Å². The standard InChI is InChI=1S/C17H15N5OS/c1-23-14-6-4-12(5-7-14)9-19-16-21-22-11-15(20-17(22)24-16)13-3-2-8-18-10-13/h2-8,10-11H,9H2,1H3,(H,19,21). The number of pyridine rings is 1. The normalized spacial score (nSPS) is 10.9. The van der Waals surface area contributed by atoms with E-state index in [0.29, 0.717) is 6.54 Å². The zero-order valence-corrected chi connectivity index (χ0v) is 13.8. The SMILES string of the molecule is COc1ccc(CNc2nn3cc(-c4cccnc4)nc3s2)cc1. The maximum atomic E-state index is 5.16. The number of fused-ring (bicyclic) bond motifs is 1. The van der Waals surface area contributed by atoms with Crippen molar-refractivity contribution >= 4 is 21.4 Å². The Balaban J connectivity index is 1.48. The van der Waals surface area contributed by atoms with Crippen LogP contribution in [0, 0.1) is 0 Å². The van der Waals surface area contributed by atoms with Gasteiger partial charge in [-0.05, 0) is 29.8 Å². The Morgan fingerprint density at radius 2 is 2.08 bits per heavy atom. The highest BCUT2D eigenvalue weighted by Crippen LogP contribution is 2.24. The number of nitrogens with zero attached hydrogens (tertiary/aromatic N) is 4. The van der Waals surface area contributed by atoms with Crippen molar-refractivity contribution in [3.8, 4) is 17.0 Å². The van der Waals surface area contributed by atoms with E-state index in [1.54, 1.807) is 24.0 Å². The molecule has 0 aliphatic carbocycles. The van der Waals surface area contributed by atoms with Crippen LogP contribution in [-0.2, 0) is 6.54 Å². The fourth-order valence-corrected chi connectivity index (χ4v) is 3.12. The number of aromatic nitrogens is 4. The molecule has 3 aromatic heterocycles. The van der Waals surface area contributed by atoms with Crippen molar-refractivity contribution in [1.82, 2.24) is 19.6 Å². The van der Waals surface area contributed by atoms with Gasteiger partial charge in [-0.3, -0.25) is 4.98 Å². The Morgan fingerprint density at radius 3 is 2.79 bits per heavy atom. The highest BCUT2D eigenvalue weighted by molar-refractivity contribution is 7.20. The maximum Gasteiger partial charge on any atom is 0.214 e. The zero-order chi connectivity index (χ0) is 16.4. The second kappa shape index (κ2) is 6.29. The number of imidazole rings is 1. The van der Waals surface area contributed by atoms with Gasteiger partial charge in [0.2, 0.25) is 10.1 Å². The van der Waals surface area contributed by atoms with Crippen LogP contribution in [0.2, 0.25) is 0 Å². The highest BCUT2D eigenvalue weighted by atomic mass is 32.1. The smallest absolute Gasteiger partial charge is 0.214 e. The van der Waals surface area contributed by atoms with Crippen LogP contribution in [0.1, 0.15) is 5.56 Å². The molecule has 0 aliphatic rings. The lowest BCUT2D eigenvalue weighted by atomic mass is 10.2. The van der Waals surface area contributed by atoms with Gasteiger partial charge < -0.3 is 10.1 Å². The van der Waals surface area contributed by atoms with E-state index in [4.69, 9.17) is 4.74 Å². The number of benzene rings is 1. The van der Waals surface area contributed by atoms with E-state index in [2.05, 4.69) is 20.4 Å². The van der Waals surface area contributed by atoms with Gasteiger partial charge in [-0.1, -0.05) is 23.5 Å². The molecule has 0 aliphatic heterocycles. The summed E-state index contributed by atoms with van der Waals surface area (Å²) >= 11 is 1.52. The summed E-state index contributed by atoms with van der Waals surface area (Å²) in [6, 6.07) is 11.9. The topological polar surface area (TPSA) is 64.3 Å². The molecule has 0 saturated carbocycles. The summed E-state index contributed by atoms with van der Waals surface area (Å²) in [6.45, 7) is 0.704. The van der Waals surface area contributed by atoms with Crippen LogP contribution in [-0.4, -0.2) is 26.7 Å². The average Bonchev–Trinajstić information content (AvgIpc) is 3.20.